The molecule has 1 unspecified atom stereocenters. The minimum absolute atomic E-state index is 0.0125. The summed E-state index contributed by atoms with van der Waals surface area (Å²) in [7, 11) is 0. The Bertz CT molecular complexity index is 2950. The molecule has 6 rings (SSSR count). The minimum atomic E-state index is -1.70. The standard InChI is InChI=1S/C60H86FN15O14S/c1-35(2)27-42-56(83)70-43(28-37-11-5-4-6-12-37)55(82)65-36(3)54(81)68-44(29-38-16-18-39(61)19-17-38)57(84)67-41(53(63)80)13-9-10-21-76-32-40(74-75-76)30-45(58(85)71-46(31-49(62)77)59(86)69-42)66-51(79)33-90-26-25-89-24-23-88-22-20-64-50(78)15-8-7-14-48-52-47(34-91-48)72-60(87)73-52/h4-6,11-12,16-19,32,35-36,41-48,52H,7-10,13-15,20-31,33-34H2,1-3H3,(H2,62,77)(H2,63,80)(H,64,78)(H,65,82)(H,66,79)(H,67,84)(H,68,81)(H,69,86)(H,70,83)(H,71,85)(H2,72,73,87)/t36-,41+,42-,43-,44+,45+,46-,47-,48?,52-/m1/s1. The number of thioether (sulfide) groups is 1. The Morgan fingerprint density at radius 3 is 2.02 bits per heavy atom. The molecule has 2 aromatic carbocycles. The van der Waals surface area contributed by atoms with Gasteiger partial charge in [-0.2, -0.15) is 11.8 Å². The van der Waals surface area contributed by atoms with Crippen molar-refractivity contribution in [1.29, 1.82) is 0 Å². The van der Waals surface area contributed by atoms with Crippen LogP contribution in [-0.2, 0) is 88.0 Å². The number of aryl methyl sites for hydroxylation is 1. The molecule has 14 N–H and O–H groups in total. The van der Waals surface area contributed by atoms with E-state index in [2.05, 4.69) is 63.5 Å². The molecule has 0 saturated carbocycles. The van der Waals surface area contributed by atoms with Gasteiger partial charge in [-0.15, -0.1) is 5.10 Å². The summed E-state index contributed by atoms with van der Waals surface area (Å²) < 4.78 is 32.1. The Balaban J connectivity index is 1.09. The molecule has 2 saturated heterocycles. The van der Waals surface area contributed by atoms with E-state index in [9.17, 15) is 57.1 Å². The number of hydrogen-bond donors (Lipinski definition) is 12. The minimum Gasteiger partial charge on any atom is -0.377 e. The maximum Gasteiger partial charge on any atom is 0.315 e. The van der Waals surface area contributed by atoms with Crippen molar-refractivity contribution in [2.45, 2.75) is 164 Å². The molecule has 2 fully saturated rings. The first-order valence-corrected chi connectivity index (χ1v) is 31.7. The summed E-state index contributed by atoms with van der Waals surface area (Å²) in [6, 6.07) is 4.08. The third-order valence-corrected chi connectivity index (χ3v) is 16.6. The molecule has 12 amide bonds. The summed E-state index contributed by atoms with van der Waals surface area (Å²) in [6.45, 7) is 5.57. The first-order chi connectivity index (χ1) is 43.6. The first-order valence-electron chi connectivity index (χ1n) is 30.7. The van der Waals surface area contributed by atoms with Gasteiger partial charge < -0.3 is 78.8 Å². The Labute approximate surface area is 531 Å². The summed E-state index contributed by atoms with van der Waals surface area (Å²) in [5, 5.41) is 35.6. The Kier molecular flexibility index (Phi) is 29.3. The molecule has 31 heteroatoms. The fourth-order valence-corrected chi connectivity index (χ4v) is 11.9. The molecule has 0 radical (unpaired) electrons. The number of urea groups is 1. The molecule has 498 valence electrons. The van der Waals surface area contributed by atoms with Gasteiger partial charge in [0.25, 0.3) is 0 Å². The van der Waals surface area contributed by atoms with Gasteiger partial charge in [0, 0.05) is 56.0 Å². The molecule has 0 spiro atoms. The van der Waals surface area contributed by atoms with Crippen LogP contribution in [0.5, 0.6) is 0 Å². The van der Waals surface area contributed by atoms with Crippen LogP contribution in [0.4, 0.5) is 9.18 Å². The average molecular weight is 1290 g/mol. The van der Waals surface area contributed by atoms with E-state index in [-0.39, 0.29) is 107 Å². The number of rotatable bonds is 26. The van der Waals surface area contributed by atoms with Gasteiger partial charge in [-0.05, 0) is 74.6 Å². The van der Waals surface area contributed by atoms with E-state index in [1.54, 1.807) is 44.2 Å². The zero-order valence-electron chi connectivity index (χ0n) is 51.5. The number of hydrogen-bond acceptors (Lipinski definition) is 17. The number of amides is 12. The predicted octanol–water partition coefficient (Wildman–Crippen LogP) is -1.66. The Morgan fingerprint density at radius 2 is 1.33 bits per heavy atom. The maximum absolute atomic E-state index is 14.4. The molecule has 3 aromatic rings. The molecule has 10 atom stereocenters. The lowest BCUT2D eigenvalue weighted by Crippen LogP contribution is -2.60. The van der Waals surface area contributed by atoms with Crippen LogP contribution in [0.15, 0.2) is 60.8 Å². The summed E-state index contributed by atoms with van der Waals surface area (Å²) in [5.74, 6) is -7.93. The maximum atomic E-state index is 14.4. The molecule has 2 bridgehead atoms. The fraction of sp³-hybridized carbons (Fsp3) is 0.583. The molecule has 4 heterocycles. The van der Waals surface area contributed by atoms with Crippen molar-refractivity contribution >= 4 is 76.9 Å². The summed E-state index contributed by atoms with van der Waals surface area (Å²) in [4.78, 5) is 148. The lowest BCUT2D eigenvalue weighted by atomic mass is 10.00. The van der Waals surface area contributed by atoms with Crippen molar-refractivity contribution < 1.29 is 71.3 Å². The van der Waals surface area contributed by atoms with Crippen LogP contribution in [0.25, 0.3) is 0 Å². The molecule has 29 nitrogen and oxygen atoms in total. The van der Waals surface area contributed by atoms with Gasteiger partial charge in [0.05, 0.1) is 57.2 Å². The highest BCUT2D eigenvalue weighted by molar-refractivity contribution is 8.00. The number of halogens is 1. The number of carbonyl (C=O) groups excluding carboxylic acids is 11. The van der Waals surface area contributed by atoms with Crippen LogP contribution in [0.3, 0.4) is 0 Å². The van der Waals surface area contributed by atoms with Crippen LogP contribution < -0.4 is 64.6 Å². The molecule has 91 heavy (non-hydrogen) atoms. The van der Waals surface area contributed by atoms with E-state index in [0.29, 0.717) is 42.2 Å². The number of unbranched alkanes of at least 4 members (excludes halogenated alkanes) is 1. The lowest BCUT2D eigenvalue weighted by Gasteiger charge is -2.27. The van der Waals surface area contributed by atoms with E-state index in [1.807, 2.05) is 11.8 Å². The molecular weight excluding hydrogens is 1210 g/mol. The second-order valence-electron chi connectivity index (χ2n) is 23.0. The van der Waals surface area contributed by atoms with E-state index >= 15 is 0 Å². The van der Waals surface area contributed by atoms with Gasteiger partial charge in [-0.25, -0.2) is 9.18 Å². The highest BCUT2D eigenvalue weighted by atomic mass is 32.2. The monoisotopic (exact) mass is 1290 g/mol. The summed E-state index contributed by atoms with van der Waals surface area (Å²) in [6.07, 6.45) is 3.79. The smallest absolute Gasteiger partial charge is 0.315 e. The van der Waals surface area contributed by atoms with Crippen LogP contribution in [-0.4, -0.2) is 192 Å². The van der Waals surface area contributed by atoms with Crippen LogP contribution in [0, 0.1) is 11.7 Å². The van der Waals surface area contributed by atoms with Gasteiger partial charge in [0.15, 0.2) is 0 Å². The predicted molar refractivity (Wildman–Crippen MR) is 329 cm³/mol. The van der Waals surface area contributed by atoms with Crippen LogP contribution >= 0.6 is 11.8 Å². The number of nitrogens with zero attached hydrogens (tertiary/aromatic N) is 3. The number of nitrogens with two attached hydrogens (primary N) is 2. The number of ether oxygens (including phenoxy) is 3. The highest BCUT2D eigenvalue weighted by Crippen LogP contribution is 2.33. The second kappa shape index (κ2) is 37.1. The van der Waals surface area contributed by atoms with Gasteiger partial charge in [0.1, 0.15) is 54.7 Å². The van der Waals surface area contributed by atoms with Crippen molar-refractivity contribution in [3.63, 3.8) is 0 Å². The van der Waals surface area contributed by atoms with Gasteiger partial charge in [0.2, 0.25) is 59.1 Å². The zero-order chi connectivity index (χ0) is 65.8. The average Bonchev–Trinajstić information content (AvgIpc) is 2.68. The number of aromatic nitrogens is 3. The molecule has 3 aliphatic heterocycles. The van der Waals surface area contributed by atoms with Crippen LogP contribution in [0.2, 0.25) is 0 Å². The van der Waals surface area contributed by atoms with Crippen molar-refractivity contribution in [3.05, 3.63) is 83.4 Å². The first kappa shape index (κ1) is 71.8. The highest BCUT2D eigenvalue weighted by Gasteiger charge is 2.43. The quantitative estimate of drug-likeness (QED) is 0.0316. The van der Waals surface area contributed by atoms with E-state index in [4.69, 9.17) is 25.7 Å². The molecular formula is C60H86FN15O14S. The molecule has 0 aliphatic carbocycles. The van der Waals surface area contributed by atoms with Crippen LogP contribution in [0.1, 0.15) is 95.4 Å². The fourth-order valence-electron chi connectivity index (χ4n) is 10.3. The third-order valence-electron chi connectivity index (χ3n) is 15.1. The number of benzene rings is 2. The largest absolute Gasteiger partial charge is 0.377 e. The van der Waals surface area contributed by atoms with Crippen molar-refractivity contribution in [2.75, 3.05) is 51.9 Å². The van der Waals surface area contributed by atoms with Crippen molar-refractivity contribution in [3.8, 4) is 0 Å². The zero-order valence-corrected chi connectivity index (χ0v) is 52.3. The third kappa shape index (κ3) is 25.1. The topological polar surface area (TPSA) is 419 Å². The summed E-state index contributed by atoms with van der Waals surface area (Å²) >= 11 is 1.84. The van der Waals surface area contributed by atoms with E-state index < -0.39 is 114 Å². The van der Waals surface area contributed by atoms with Gasteiger partial charge in [-0.1, -0.05) is 67.9 Å². The lowest BCUT2D eigenvalue weighted by molar-refractivity contribution is -0.136. The van der Waals surface area contributed by atoms with E-state index in [0.717, 1.165) is 25.0 Å². The van der Waals surface area contributed by atoms with Gasteiger partial charge >= 0.3 is 6.03 Å². The van der Waals surface area contributed by atoms with Crippen molar-refractivity contribution in [2.24, 2.45) is 17.4 Å². The number of nitrogens with one attached hydrogen (secondary N) is 10. The Hall–Kier alpha value is -8.29. The number of fused-ring (bicyclic) bond motifs is 3. The van der Waals surface area contributed by atoms with Gasteiger partial charge in [-0.3, -0.25) is 52.6 Å². The van der Waals surface area contributed by atoms with Crippen molar-refractivity contribution in [1.82, 2.24) is 68.2 Å². The number of carbonyl (C=O) groups is 11. The SMILES string of the molecule is CC(C)C[C@H]1NC(=O)[C@@H](CC(N)=O)NC(=O)[C@@H](NC(=O)COCCOCCOCCNC(=O)CCCCC2SC[C@H]3NC(=O)N[C@@H]23)Cc2cn(nn2)CCCC[C@@H](C(N)=O)NC(=O)[C@H](Cc2ccc(F)cc2)NC(=O)[C@@H](C)NC(=O)[C@@H](Cc2ccccc2)NC1=O. The van der Waals surface area contributed by atoms with E-state index in [1.165, 1.54) is 42.1 Å². The summed E-state index contributed by atoms with van der Waals surface area (Å²) in [5.41, 5.74) is 12.6. The normalized spacial score (nSPS) is 24.0. The molecule has 1 aromatic heterocycles. The number of primary amides is 2. The molecule has 3 aliphatic rings. The second-order valence-corrected chi connectivity index (χ2v) is 24.3. The Morgan fingerprint density at radius 1 is 0.703 bits per heavy atom.